The van der Waals surface area contributed by atoms with Crippen LogP contribution in [0.4, 0.5) is 0 Å². The molecular weight excluding hydrogens is 244 g/mol. The minimum atomic E-state index is 0.473. The van der Waals surface area contributed by atoms with Crippen molar-refractivity contribution in [2.75, 3.05) is 0 Å². The van der Waals surface area contributed by atoms with Gasteiger partial charge in [0.2, 0.25) is 0 Å². The number of fused-ring (bicyclic) bond motifs is 5. The van der Waals surface area contributed by atoms with Crippen LogP contribution in [0.25, 0.3) is 0 Å². The maximum atomic E-state index is 11.8. The second-order valence-corrected chi connectivity index (χ2v) is 8.58. The molecule has 20 heavy (non-hydrogen) atoms. The average Bonchev–Trinajstić information content (AvgIpc) is 2.81. The topological polar surface area (TPSA) is 17.1 Å². The van der Waals surface area contributed by atoms with E-state index in [0.717, 1.165) is 30.6 Å². The Morgan fingerprint density at radius 1 is 1.10 bits per heavy atom. The highest BCUT2D eigenvalue weighted by molar-refractivity contribution is 5.79. The van der Waals surface area contributed by atoms with Gasteiger partial charge in [0.15, 0.2) is 0 Å². The number of rotatable bonds is 0. The molecule has 0 unspecified atom stereocenters. The monoisotopic (exact) mass is 272 g/mol. The summed E-state index contributed by atoms with van der Waals surface area (Å²) in [5.74, 6) is 3.96. The van der Waals surface area contributed by atoms with E-state index in [1.165, 1.54) is 38.5 Å². The van der Waals surface area contributed by atoms with Crippen molar-refractivity contribution in [2.24, 2.45) is 34.5 Å². The highest BCUT2D eigenvalue weighted by Crippen LogP contribution is 2.64. The lowest BCUT2D eigenvalue weighted by atomic mass is 9.45. The standard InChI is InChI=1S/C19H28O/c1-18-9-3-4-16(18)15-6-5-13-12-14(20)7-11-19(13,2)17(15)8-10-18/h3,9,13,15-17H,4-8,10-12H2,1-2H3/t13-,15-,16-,17+,18-,19-/m0/s1. The number of allylic oxidation sites excluding steroid dienone is 2. The summed E-state index contributed by atoms with van der Waals surface area (Å²) in [6.07, 6.45) is 14.7. The van der Waals surface area contributed by atoms with Crippen molar-refractivity contribution in [1.82, 2.24) is 0 Å². The Morgan fingerprint density at radius 2 is 1.95 bits per heavy atom. The second kappa shape index (κ2) is 4.21. The summed E-state index contributed by atoms with van der Waals surface area (Å²) >= 11 is 0. The second-order valence-electron chi connectivity index (χ2n) is 8.58. The SMILES string of the molecule is C[C@]12CCC(=O)C[C@@H]1CC[C@@H]1[C@H]2CC[C@]2(C)C=CC[C@@H]12. The number of ketones is 1. The molecular formula is C19H28O. The van der Waals surface area contributed by atoms with Crippen molar-refractivity contribution in [3.8, 4) is 0 Å². The number of hydrogen-bond donors (Lipinski definition) is 0. The van der Waals surface area contributed by atoms with E-state index >= 15 is 0 Å². The van der Waals surface area contributed by atoms with Gasteiger partial charge in [-0.1, -0.05) is 26.0 Å². The third kappa shape index (κ3) is 1.64. The Balaban J connectivity index is 1.64. The van der Waals surface area contributed by atoms with Gasteiger partial charge in [-0.3, -0.25) is 4.79 Å². The van der Waals surface area contributed by atoms with Crippen molar-refractivity contribution in [3.05, 3.63) is 12.2 Å². The number of carbonyl (C=O) groups is 1. The lowest BCUT2D eigenvalue weighted by molar-refractivity contribution is -0.136. The minimum Gasteiger partial charge on any atom is -0.300 e. The van der Waals surface area contributed by atoms with Gasteiger partial charge in [0, 0.05) is 12.8 Å². The minimum absolute atomic E-state index is 0.473. The molecule has 4 aliphatic carbocycles. The summed E-state index contributed by atoms with van der Waals surface area (Å²) in [7, 11) is 0. The van der Waals surface area contributed by atoms with Crippen LogP contribution in [0, 0.1) is 34.5 Å². The molecule has 0 aromatic carbocycles. The summed E-state index contributed by atoms with van der Waals surface area (Å²) in [6, 6.07) is 0. The van der Waals surface area contributed by atoms with E-state index in [4.69, 9.17) is 0 Å². The molecule has 4 rings (SSSR count). The van der Waals surface area contributed by atoms with E-state index in [1.54, 1.807) is 0 Å². The van der Waals surface area contributed by atoms with Crippen LogP contribution in [-0.4, -0.2) is 5.78 Å². The Hall–Kier alpha value is -0.590. The van der Waals surface area contributed by atoms with Gasteiger partial charge >= 0.3 is 0 Å². The van der Waals surface area contributed by atoms with Crippen LogP contribution in [0.3, 0.4) is 0 Å². The van der Waals surface area contributed by atoms with Crippen LogP contribution in [-0.2, 0) is 4.79 Å². The third-order valence-electron chi connectivity index (χ3n) is 7.81. The van der Waals surface area contributed by atoms with E-state index < -0.39 is 0 Å². The highest BCUT2D eigenvalue weighted by atomic mass is 16.1. The number of hydrogen-bond acceptors (Lipinski definition) is 1. The zero-order valence-corrected chi connectivity index (χ0v) is 13.0. The number of Topliss-reactive ketones (excluding diaryl/α,β-unsaturated/α-hetero) is 1. The van der Waals surface area contributed by atoms with Gasteiger partial charge in [-0.25, -0.2) is 0 Å². The average molecular weight is 272 g/mol. The smallest absolute Gasteiger partial charge is 0.133 e. The van der Waals surface area contributed by atoms with Gasteiger partial charge in [0.25, 0.3) is 0 Å². The molecule has 0 N–H and O–H groups in total. The Kier molecular flexibility index (Phi) is 2.76. The lowest BCUT2D eigenvalue weighted by Gasteiger charge is -2.59. The van der Waals surface area contributed by atoms with Crippen molar-refractivity contribution < 1.29 is 4.79 Å². The maximum absolute atomic E-state index is 11.8. The third-order valence-corrected chi connectivity index (χ3v) is 7.81. The van der Waals surface area contributed by atoms with Crippen molar-refractivity contribution >= 4 is 5.78 Å². The molecule has 110 valence electrons. The molecule has 0 bridgehead atoms. The van der Waals surface area contributed by atoms with E-state index in [2.05, 4.69) is 26.0 Å². The summed E-state index contributed by atoms with van der Waals surface area (Å²) in [6.45, 7) is 5.03. The van der Waals surface area contributed by atoms with Crippen molar-refractivity contribution in [2.45, 2.75) is 65.2 Å². The molecule has 0 saturated heterocycles. The zero-order valence-electron chi connectivity index (χ0n) is 13.0. The number of carbonyl (C=O) groups excluding carboxylic acids is 1. The van der Waals surface area contributed by atoms with Gasteiger partial charge < -0.3 is 0 Å². The first-order chi connectivity index (χ1) is 9.53. The zero-order chi connectivity index (χ0) is 14.0. The quantitative estimate of drug-likeness (QED) is 0.581. The van der Waals surface area contributed by atoms with E-state index in [1.807, 2.05) is 0 Å². The fourth-order valence-corrected chi connectivity index (χ4v) is 6.53. The van der Waals surface area contributed by atoms with Crippen LogP contribution < -0.4 is 0 Å². The van der Waals surface area contributed by atoms with Gasteiger partial charge in [-0.2, -0.15) is 0 Å². The molecule has 4 aliphatic rings. The first kappa shape index (κ1) is 13.1. The maximum Gasteiger partial charge on any atom is 0.133 e. The van der Waals surface area contributed by atoms with Crippen LogP contribution in [0.2, 0.25) is 0 Å². The molecule has 0 heterocycles. The van der Waals surface area contributed by atoms with Crippen LogP contribution >= 0.6 is 0 Å². The molecule has 0 aromatic heterocycles. The Labute approximate surface area is 123 Å². The molecule has 1 nitrogen and oxygen atoms in total. The van der Waals surface area contributed by atoms with Gasteiger partial charge in [0.05, 0.1) is 0 Å². The normalized spacial score (nSPS) is 54.2. The highest BCUT2D eigenvalue weighted by Gasteiger charge is 2.56. The molecule has 6 atom stereocenters. The van der Waals surface area contributed by atoms with Crippen LogP contribution in [0.5, 0.6) is 0 Å². The fourth-order valence-electron chi connectivity index (χ4n) is 6.53. The molecule has 3 saturated carbocycles. The Bertz CT molecular complexity index is 464. The molecule has 0 aromatic rings. The molecule has 0 aliphatic heterocycles. The first-order valence-electron chi connectivity index (χ1n) is 8.72. The predicted molar refractivity (Wildman–Crippen MR) is 81.3 cm³/mol. The van der Waals surface area contributed by atoms with Crippen LogP contribution in [0.1, 0.15) is 65.2 Å². The van der Waals surface area contributed by atoms with Gasteiger partial charge in [0.1, 0.15) is 5.78 Å². The lowest BCUT2D eigenvalue weighted by Crippen LogP contribution is -2.52. The van der Waals surface area contributed by atoms with E-state index in [9.17, 15) is 4.79 Å². The Morgan fingerprint density at radius 3 is 2.80 bits per heavy atom. The summed E-state index contributed by atoms with van der Waals surface area (Å²) in [4.78, 5) is 11.8. The summed E-state index contributed by atoms with van der Waals surface area (Å²) in [5.41, 5.74) is 0.968. The summed E-state index contributed by atoms with van der Waals surface area (Å²) in [5, 5.41) is 0. The molecule has 1 heteroatoms. The van der Waals surface area contributed by atoms with Crippen molar-refractivity contribution in [3.63, 3.8) is 0 Å². The van der Waals surface area contributed by atoms with Crippen LogP contribution in [0.15, 0.2) is 12.2 Å². The fraction of sp³-hybridized carbons (Fsp3) is 0.842. The molecule has 3 fully saturated rings. The predicted octanol–water partition coefficient (Wildman–Crippen LogP) is 4.76. The van der Waals surface area contributed by atoms with Crippen molar-refractivity contribution in [1.29, 1.82) is 0 Å². The van der Waals surface area contributed by atoms with Gasteiger partial charge in [-0.05, 0) is 73.0 Å². The van der Waals surface area contributed by atoms with E-state index in [-0.39, 0.29) is 0 Å². The van der Waals surface area contributed by atoms with E-state index in [0.29, 0.717) is 22.5 Å². The molecule has 0 radical (unpaired) electrons. The summed E-state index contributed by atoms with van der Waals surface area (Å²) < 4.78 is 0. The largest absolute Gasteiger partial charge is 0.300 e. The van der Waals surface area contributed by atoms with Gasteiger partial charge in [-0.15, -0.1) is 0 Å². The molecule has 0 spiro atoms. The first-order valence-corrected chi connectivity index (χ1v) is 8.72. The molecule has 0 amide bonds.